The van der Waals surface area contributed by atoms with Crippen LogP contribution in [0.1, 0.15) is 18.4 Å². The third kappa shape index (κ3) is 1.92. The summed E-state index contributed by atoms with van der Waals surface area (Å²) in [6, 6.07) is 9.14. The first-order valence-corrected chi connectivity index (χ1v) is 6.71. The van der Waals surface area contributed by atoms with Gasteiger partial charge in [0, 0.05) is 0 Å². The van der Waals surface area contributed by atoms with Crippen LogP contribution in [0, 0.1) is 23.2 Å². The largest absolute Gasteiger partial charge is 0.274 e. The molecule has 1 saturated heterocycles. The zero-order chi connectivity index (χ0) is 14.1. The standard InChI is InChI=1S/C16H14N2O2/c17-10-9-11-5-7-12(8-6-11)18-15(19)13-3-1-2-4-14(13)16(18)20/h1-2,5-8,13-14H,3-4,9H2/t13-,14+. The Hall–Kier alpha value is -2.41. The predicted molar refractivity (Wildman–Crippen MR) is 73.6 cm³/mol. The summed E-state index contributed by atoms with van der Waals surface area (Å²) in [7, 11) is 0. The van der Waals surface area contributed by atoms with Crippen molar-refractivity contribution < 1.29 is 9.59 Å². The highest BCUT2D eigenvalue weighted by Crippen LogP contribution is 2.37. The Bertz CT molecular complexity index is 599. The van der Waals surface area contributed by atoms with Crippen molar-refractivity contribution in [2.75, 3.05) is 4.90 Å². The molecule has 0 unspecified atom stereocenters. The molecule has 0 N–H and O–H groups in total. The lowest BCUT2D eigenvalue weighted by Gasteiger charge is -2.14. The van der Waals surface area contributed by atoms with Crippen molar-refractivity contribution in [1.29, 1.82) is 5.26 Å². The minimum Gasteiger partial charge on any atom is -0.274 e. The molecule has 1 aromatic rings. The highest BCUT2D eigenvalue weighted by atomic mass is 16.2. The monoisotopic (exact) mass is 266 g/mol. The van der Waals surface area contributed by atoms with E-state index in [1.54, 1.807) is 24.3 Å². The van der Waals surface area contributed by atoms with Crippen molar-refractivity contribution in [3.05, 3.63) is 42.0 Å². The topological polar surface area (TPSA) is 61.2 Å². The predicted octanol–water partition coefficient (Wildman–Crippen LogP) is 2.21. The molecule has 0 spiro atoms. The van der Waals surface area contributed by atoms with Crippen LogP contribution in [-0.4, -0.2) is 11.8 Å². The second-order valence-corrected chi connectivity index (χ2v) is 5.17. The number of imide groups is 1. The minimum atomic E-state index is -0.203. The first-order valence-electron chi connectivity index (χ1n) is 6.71. The molecule has 2 atom stereocenters. The van der Waals surface area contributed by atoms with Crippen LogP contribution in [0.15, 0.2) is 36.4 Å². The lowest BCUT2D eigenvalue weighted by Crippen LogP contribution is -2.30. The van der Waals surface area contributed by atoms with Gasteiger partial charge in [-0.1, -0.05) is 24.3 Å². The van der Waals surface area contributed by atoms with Gasteiger partial charge in [0.2, 0.25) is 11.8 Å². The van der Waals surface area contributed by atoms with Gasteiger partial charge in [-0.05, 0) is 30.5 Å². The number of carbonyl (C=O) groups is 2. The maximum atomic E-state index is 12.4. The van der Waals surface area contributed by atoms with E-state index in [9.17, 15) is 9.59 Å². The molecule has 0 saturated carbocycles. The molecule has 2 aliphatic rings. The molecule has 1 aliphatic heterocycles. The van der Waals surface area contributed by atoms with Gasteiger partial charge in [-0.2, -0.15) is 5.26 Å². The lowest BCUT2D eigenvalue weighted by molar-refractivity contribution is -0.122. The molecule has 4 nitrogen and oxygen atoms in total. The fraction of sp³-hybridized carbons (Fsp3) is 0.312. The molecular weight excluding hydrogens is 252 g/mol. The number of hydrogen-bond donors (Lipinski definition) is 0. The van der Waals surface area contributed by atoms with E-state index in [0.717, 1.165) is 5.56 Å². The van der Waals surface area contributed by atoms with Gasteiger partial charge in [-0.3, -0.25) is 14.5 Å². The van der Waals surface area contributed by atoms with E-state index in [1.807, 2.05) is 12.2 Å². The number of benzene rings is 1. The van der Waals surface area contributed by atoms with E-state index in [0.29, 0.717) is 24.9 Å². The Kier molecular flexibility index (Phi) is 3.11. The Morgan fingerprint density at radius 2 is 1.60 bits per heavy atom. The van der Waals surface area contributed by atoms with Crippen LogP contribution in [-0.2, 0) is 16.0 Å². The highest BCUT2D eigenvalue weighted by molar-refractivity contribution is 6.22. The summed E-state index contributed by atoms with van der Waals surface area (Å²) in [6.07, 6.45) is 5.59. The van der Waals surface area contributed by atoms with Gasteiger partial charge in [0.25, 0.3) is 0 Å². The number of rotatable bonds is 2. The van der Waals surface area contributed by atoms with Crippen molar-refractivity contribution in [3.8, 4) is 6.07 Å². The molecule has 1 aliphatic carbocycles. The summed E-state index contributed by atoms with van der Waals surface area (Å²) in [5, 5.41) is 8.65. The molecule has 0 bridgehead atoms. The molecule has 4 heteroatoms. The Morgan fingerprint density at radius 1 is 1.05 bits per heavy atom. The smallest absolute Gasteiger partial charge is 0.238 e. The first kappa shape index (κ1) is 12.6. The number of nitrogens with zero attached hydrogens (tertiary/aromatic N) is 2. The van der Waals surface area contributed by atoms with E-state index in [4.69, 9.17) is 5.26 Å². The number of fused-ring (bicyclic) bond motifs is 1. The number of amides is 2. The minimum absolute atomic E-state index is 0.0996. The van der Waals surface area contributed by atoms with Crippen molar-refractivity contribution in [3.63, 3.8) is 0 Å². The van der Waals surface area contributed by atoms with Crippen LogP contribution in [0.5, 0.6) is 0 Å². The van der Waals surface area contributed by atoms with Crippen molar-refractivity contribution in [1.82, 2.24) is 0 Å². The van der Waals surface area contributed by atoms with Crippen molar-refractivity contribution in [2.24, 2.45) is 11.8 Å². The van der Waals surface area contributed by atoms with Crippen molar-refractivity contribution >= 4 is 17.5 Å². The van der Waals surface area contributed by atoms with Gasteiger partial charge in [0.05, 0.1) is 30.0 Å². The van der Waals surface area contributed by atoms with Crippen LogP contribution >= 0.6 is 0 Å². The number of carbonyl (C=O) groups excluding carboxylic acids is 2. The zero-order valence-corrected chi connectivity index (χ0v) is 11.0. The summed E-state index contributed by atoms with van der Waals surface area (Å²) in [6.45, 7) is 0. The highest BCUT2D eigenvalue weighted by Gasteiger charge is 2.47. The summed E-state index contributed by atoms with van der Waals surface area (Å²) in [5.41, 5.74) is 1.49. The third-order valence-electron chi connectivity index (χ3n) is 3.99. The summed E-state index contributed by atoms with van der Waals surface area (Å²) < 4.78 is 0. The molecule has 0 radical (unpaired) electrons. The van der Waals surface area contributed by atoms with Gasteiger partial charge < -0.3 is 0 Å². The van der Waals surface area contributed by atoms with E-state index >= 15 is 0 Å². The maximum absolute atomic E-state index is 12.4. The average Bonchev–Trinajstić information content (AvgIpc) is 2.73. The fourth-order valence-electron chi connectivity index (χ4n) is 2.91. The molecule has 1 heterocycles. The Labute approximate surface area is 117 Å². The third-order valence-corrected chi connectivity index (χ3v) is 3.99. The van der Waals surface area contributed by atoms with E-state index < -0.39 is 0 Å². The van der Waals surface area contributed by atoms with Crippen LogP contribution in [0.2, 0.25) is 0 Å². The van der Waals surface area contributed by atoms with Crippen LogP contribution < -0.4 is 4.90 Å². The number of allylic oxidation sites excluding steroid dienone is 2. The van der Waals surface area contributed by atoms with Crippen LogP contribution in [0.25, 0.3) is 0 Å². The van der Waals surface area contributed by atoms with E-state index in [-0.39, 0.29) is 23.7 Å². The van der Waals surface area contributed by atoms with E-state index in [2.05, 4.69) is 6.07 Å². The molecule has 1 fully saturated rings. The Balaban J connectivity index is 1.89. The lowest BCUT2D eigenvalue weighted by atomic mass is 9.85. The number of nitriles is 1. The van der Waals surface area contributed by atoms with Gasteiger partial charge in [-0.25, -0.2) is 0 Å². The zero-order valence-electron chi connectivity index (χ0n) is 11.0. The van der Waals surface area contributed by atoms with Gasteiger partial charge >= 0.3 is 0 Å². The molecule has 1 aromatic carbocycles. The number of anilines is 1. The number of hydrogen-bond acceptors (Lipinski definition) is 3. The van der Waals surface area contributed by atoms with E-state index in [1.165, 1.54) is 4.90 Å². The Morgan fingerprint density at radius 3 is 2.10 bits per heavy atom. The fourth-order valence-corrected chi connectivity index (χ4v) is 2.91. The van der Waals surface area contributed by atoms with Crippen molar-refractivity contribution in [2.45, 2.75) is 19.3 Å². The maximum Gasteiger partial charge on any atom is 0.238 e. The molecule has 100 valence electrons. The van der Waals surface area contributed by atoms with Gasteiger partial charge in [0.15, 0.2) is 0 Å². The second kappa shape index (κ2) is 4.93. The van der Waals surface area contributed by atoms with Gasteiger partial charge in [-0.15, -0.1) is 0 Å². The molecular formula is C16H14N2O2. The van der Waals surface area contributed by atoms with Gasteiger partial charge in [0.1, 0.15) is 0 Å². The first-order chi connectivity index (χ1) is 9.72. The molecule has 3 rings (SSSR count). The molecule has 20 heavy (non-hydrogen) atoms. The average molecular weight is 266 g/mol. The summed E-state index contributed by atoms with van der Waals surface area (Å²) in [4.78, 5) is 26.1. The molecule has 0 aromatic heterocycles. The quantitative estimate of drug-likeness (QED) is 0.609. The molecule has 2 amide bonds. The normalized spacial score (nSPS) is 24.6. The van der Waals surface area contributed by atoms with Crippen LogP contribution in [0.4, 0.5) is 5.69 Å². The summed E-state index contributed by atoms with van der Waals surface area (Å²) in [5.74, 6) is -0.604. The SMILES string of the molecule is N#CCc1ccc(N2C(=O)[C@H]3CC=CC[C@H]3C2=O)cc1. The summed E-state index contributed by atoms with van der Waals surface area (Å²) >= 11 is 0. The second-order valence-electron chi connectivity index (χ2n) is 5.17. The van der Waals surface area contributed by atoms with Crippen LogP contribution in [0.3, 0.4) is 0 Å².